The molecule has 0 bridgehead atoms. The average Bonchev–Trinajstić information content (AvgIpc) is 3.78. The number of ether oxygens (including phenoxy) is 2. The first-order valence-corrected chi connectivity index (χ1v) is 22.7. The number of nitrogens with two attached hydrogens (primary N) is 4. The van der Waals surface area contributed by atoms with Gasteiger partial charge in [-0.15, -0.1) is 0 Å². The zero-order chi connectivity index (χ0) is 52.4. The molecule has 0 radical (unpaired) electrons. The molecule has 71 heavy (non-hydrogen) atoms. The van der Waals surface area contributed by atoms with Gasteiger partial charge in [0.25, 0.3) is 0 Å². The van der Waals surface area contributed by atoms with Gasteiger partial charge in [-0.1, -0.05) is 69.9 Å². The van der Waals surface area contributed by atoms with Crippen LogP contribution in [0.1, 0.15) is 118 Å². The molecule has 2 aliphatic heterocycles. The van der Waals surface area contributed by atoms with Crippen LogP contribution >= 0.6 is 23.2 Å². The normalized spacial score (nSPS) is 11.9. The summed E-state index contributed by atoms with van der Waals surface area (Å²) in [5.41, 5.74) is 27.5. The molecular formula is C53H53Cl2FN4O11. The Morgan fingerprint density at radius 2 is 0.915 bits per heavy atom. The van der Waals surface area contributed by atoms with Gasteiger partial charge < -0.3 is 47.7 Å². The maximum absolute atomic E-state index is 12.1. The highest BCUT2D eigenvalue weighted by molar-refractivity contribution is 6.63. The van der Waals surface area contributed by atoms with E-state index in [4.69, 9.17) is 51.2 Å². The number of fused-ring (bicyclic) bond motifs is 2. The highest BCUT2D eigenvalue weighted by Crippen LogP contribution is 2.37. The highest BCUT2D eigenvalue weighted by atomic mass is 35.5. The zero-order valence-corrected chi connectivity index (χ0v) is 40.3. The maximum atomic E-state index is 12.1. The first-order chi connectivity index (χ1) is 33.6. The second-order valence-electron chi connectivity index (χ2n) is 16.5. The topological polar surface area (TPSA) is 286 Å². The summed E-state index contributed by atoms with van der Waals surface area (Å²) in [6.45, 7) is 4.06. The summed E-state index contributed by atoms with van der Waals surface area (Å²) in [5.74, 6) is -2.63. The second kappa shape index (κ2) is 26.1. The Morgan fingerprint density at radius 1 is 0.507 bits per heavy atom. The van der Waals surface area contributed by atoms with Crippen molar-refractivity contribution in [3.8, 4) is 28.4 Å². The van der Waals surface area contributed by atoms with Gasteiger partial charge in [-0.25, -0.2) is 23.6 Å². The Balaban J connectivity index is 0.000000204. The summed E-state index contributed by atoms with van der Waals surface area (Å²) in [4.78, 5) is 66.7. The minimum Gasteiger partial charge on any atom is -0.508 e. The van der Waals surface area contributed by atoms with Gasteiger partial charge in [0, 0.05) is 29.6 Å². The molecule has 0 aliphatic carbocycles. The lowest BCUT2D eigenvalue weighted by Gasteiger charge is -2.27. The van der Waals surface area contributed by atoms with E-state index in [-0.39, 0.29) is 61.2 Å². The number of cyclic esters (lactones) is 4. The first-order valence-electron chi connectivity index (χ1n) is 22.0. The maximum Gasteiger partial charge on any atom is 0.346 e. The minimum absolute atomic E-state index is 0.0739. The van der Waals surface area contributed by atoms with E-state index in [1.807, 2.05) is 26.0 Å². The lowest BCUT2D eigenvalue weighted by molar-refractivity contribution is -0.112. The van der Waals surface area contributed by atoms with E-state index in [9.17, 15) is 43.4 Å². The number of phenolic OH excluding ortho intramolecular Hbond substituents is 3. The standard InChI is InChI=1S/C16H6O6.C15H18N2O2.C10H16Cl2O2.C6H6FN.C6H7NO/c17-13-9-3-1-7(5-11(9)15(19)21-13)8-2-4-10-12(6-8)16(20)22-14(10)18;1-15(2,9-3-5-13(18)11(16)7-9)10-4-6-14(19)12(17)8-10;11-9(13)7-5-3-1-2-4-6-8-10(12)14;7-5-2-1-3-6(8)4-5;7-5-1-3-6(8)4-2-5/h1-6H;3-8,18-19H,16-17H2,1-2H3;1-8H2;1-4H,8H2;1-4,8H,7H2. The van der Waals surface area contributed by atoms with Crippen LogP contribution in [0.25, 0.3) is 11.1 Å². The number of unbranched alkanes of at least 4 members (excludes halogenated alkanes) is 5. The molecule has 0 saturated heterocycles. The highest BCUT2D eigenvalue weighted by Gasteiger charge is 2.32. The van der Waals surface area contributed by atoms with Gasteiger partial charge in [0.15, 0.2) is 0 Å². The Hall–Kier alpha value is -7.95. The molecule has 0 aromatic heterocycles. The van der Waals surface area contributed by atoms with E-state index in [1.54, 1.807) is 72.8 Å². The Labute approximate surface area is 419 Å². The molecule has 18 heteroatoms. The Morgan fingerprint density at radius 3 is 1.27 bits per heavy atom. The molecule has 0 fully saturated rings. The van der Waals surface area contributed by atoms with Crippen molar-refractivity contribution in [3.63, 3.8) is 0 Å². The molecule has 6 aromatic rings. The summed E-state index contributed by atoms with van der Waals surface area (Å²) in [6, 6.07) is 31.9. The monoisotopic (exact) mass is 1010 g/mol. The molecule has 2 aliphatic rings. The zero-order valence-electron chi connectivity index (χ0n) is 38.8. The molecule has 15 nitrogen and oxygen atoms in total. The molecule has 0 atom stereocenters. The number of anilines is 4. The summed E-state index contributed by atoms with van der Waals surface area (Å²) < 4.78 is 21.1. The number of aromatic hydroxyl groups is 3. The van der Waals surface area contributed by atoms with Gasteiger partial charge in [-0.3, -0.25) is 9.59 Å². The van der Waals surface area contributed by atoms with Crippen molar-refractivity contribution < 1.29 is 58.0 Å². The van der Waals surface area contributed by atoms with Crippen LogP contribution in [-0.2, 0) is 24.5 Å². The minimum atomic E-state index is -0.697. The number of benzene rings is 6. The fourth-order valence-electron chi connectivity index (χ4n) is 6.80. The number of hydrogen-bond acceptors (Lipinski definition) is 15. The fourth-order valence-corrected chi connectivity index (χ4v) is 7.07. The van der Waals surface area contributed by atoms with Gasteiger partial charge in [0.2, 0.25) is 10.5 Å². The predicted molar refractivity (Wildman–Crippen MR) is 271 cm³/mol. The third-order valence-corrected chi connectivity index (χ3v) is 11.2. The SMILES string of the molecule is CC(C)(c1ccc(O)c(N)c1)c1ccc(O)c(N)c1.Nc1ccc(O)cc1.Nc1cccc(F)c1.O=C(Cl)CCCCCCCCC(=O)Cl.O=C1OC(=O)c2cc(-c3ccc4c(c3)C(=O)OC4=O)ccc21. The van der Waals surface area contributed by atoms with Crippen molar-refractivity contribution >= 4 is 80.3 Å². The lowest BCUT2D eigenvalue weighted by atomic mass is 9.78. The third-order valence-electron chi connectivity index (χ3n) is 10.9. The molecule has 0 unspecified atom stereocenters. The van der Waals surface area contributed by atoms with Crippen LogP contribution < -0.4 is 22.9 Å². The van der Waals surface area contributed by atoms with E-state index in [1.165, 1.54) is 36.4 Å². The number of carbonyl (C=O) groups is 6. The van der Waals surface area contributed by atoms with Crippen molar-refractivity contribution in [2.75, 3.05) is 22.9 Å². The predicted octanol–water partition coefficient (Wildman–Crippen LogP) is 10.6. The number of esters is 4. The van der Waals surface area contributed by atoms with Gasteiger partial charge >= 0.3 is 23.9 Å². The summed E-state index contributed by atoms with van der Waals surface area (Å²) in [6.07, 6.45) is 6.96. The molecule has 11 N–H and O–H groups in total. The summed E-state index contributed by atoms with van der Waals surface area (Å²) in [5, 5.41) is 27.2. The van der Waals surface area contributed by atoms with Gasteiger partial charge in [-0.2, -0.15) is 0 Å². The van der Waals surface area contributed by atoms with Crippen LogP contribution in [0.2, 0.25) is 0 Å². The molecule has 0 spiro atoms. The largest absolute Gasteiger partial charge is 0.508 e. The summed E-state index contributed by atoms with van der Waals surface area (Å²) >= 11 is 10.4. The first kappa shape index (κ1) is 55.6. The smallest absolute Gasteiger partial charge is 0.346 e. The van der Waals surface area contributed by atoms with E-state index >= 15 is 0 Å². The molecule has 0 saturated carbocycles. The Bertz CT molecular complexity index is 2710. The fraction of sp³-hybridized carbons (Fsp3) is 0.208. The van der Waals surface area contributed by atoms with E-state index < -0.39 is 23.9 Å². The Kier molecular flexibility index (Phi) is 20.5. The van der Waals surface area contributed by atoms with Crippen LogP contribution in [0, 0.1) is 5.82 Å². The van der Waals surface area contributed by atoms with Gasteiger partial charge in [0.1, 0.15) is 23.1 Å². The third kappa shape index (κ3) is 16.9. The van der Waals surface area contributed by atoms with Gasteiger partial charge in [-0.05, 0) is 149 Å². The number of halogens is 3. The number of hydrogen-bond donors (Lipinski definition) is 7. The average molecular weight is 1010 g/mol. The number of carbonyl (C=O) groups excluding carboxylic acids is 6. The van der Waals surface area contributed by atoms with Crippen LogP contribution in [0.3, 0.4) is 0 Å². The molecule has 372 valence electrons. The number of nitrogen functional groups attached to an aromatic ring is 4. The lowest BCUT2D eigenvalue weighted by Crippen LogP contribution is -2.19. The van der Waals surface area contributed by atoms with Crippen molar-refractivity contribution in [3.05, 3.63) is 161 Å². The van der Waals surface area contributed by atoms with Crippen molar-refractivity contribution in [1.82, 2.24) is 0 Å². The quantitative estimate of drug-likeness (QED) is 0.0114. The van der Waals surface area contributed by atoms with Crippen molar-refractivity contribution in [2.45, 2.75) is 70.6 Å². The number of rotatable bonds is 12. The molecule has 6 aromatic carbocycles. The van der Waals surface area contributed by atoms with Crippen LogP contribution in [0.5, 0.6) is 17.2 Å². The van der Waals surface area contributed by atoms with E-state index in [2.05, 4.69) is 9.47 Å². The van der Waals surface area contributed by atoms with E-state index in [0.29, 0.717) is 46.7 Å². The summed E-state index contributed by atoms with van der Waals surface area (Å²) in [7, 11) is 0. The van der Waals surface area contributed by atoms with Crippen molar-refractivity contribution in [1.29, 1.82) is 0 Å². The van der Waals surface area contributed by atoms with Crippen LogP contribution in [0.4, 0.5) is 27.1 Å². The molecular weight excluding hydrogens is 959 g/mol. The second-order valence-corrected chi connectivity index (χ2v) is 17.4. The molecule has 8 rings (SSSR count). The van der Waals surface area contributed by atoms with Crippen LogP contribution in [-0.4, -0.2) is 49.7 Å². The van der Waals surface area contributed by atoms with Gasteiger partial charge in [0.05, 0.1) is 33.6 Å². The van der Waals surface area contributed by atoms with E-state index in [0.717, 1.165) is 49.7 Å². The van der Waals surface area contributed by atoms with Crippen molar-refractivity contribution in [2.24, 2.45) is 0 Å². The molecule has 0 amide bonds. The van der Waals surface area contributed by atoms with Crippen LogP contribution in [0.15, 0.2) is 121 Å². The number of phenols is 3. The molecule has 2 heterocycles.